The molecule has 8 heteroatoms. The maximum atomic E-state index is 12.3. The van der Waals surface area contributed by atoms with Gasteiger partial charge in [0.05, 0.1) is 5.56 Å². The number of hydrogen-bond donors (Lipinski definition) is 1. The highest BCUT2D eigenvalue weighted by molar-refractivity contribution is 5.94. The van der Waals surface area contributed by atoms with E-state index in [-0.39, 0.29) is 5.91 Å². The van der Waals surface area contributed by atoms with E-state index in [2.05, 4.69) is 35.1 Å². The van der Waals surface area contributed by atoms with Crippen LogP contribution in [0.15, 0.2) is 61.3 Å². The molecule has 0 bridgehead atoms. The molecule has 1 N–H and O–H groups in total. The molecule has 0 atom stereocenters. The molecule has 0 radical (unpaired) electrons. The third-order valence-corrected chi connectivity index (χ3v) is 4.65. The minimum Gasteiger partial charge on any atom is -0.353 e. The molecule has 3 aromatic rings. The standard InChI is InChI=1S/C20H21N7O/c28-19(25-14-16-4-8-21-9-5-16)17-2-3-18(24-15-17)26-10-12-27(13-11-26)20-22-6-1-7-23-20/h1-9,15H,10-14H2,(H,25,28). The number of hydrogen-bond acceptors (Lipinski definition) is 7. The van der Waals surface area contributed by atoms with Crippen LogP contribution in [0.5, 0.6) is 0 Å². The van der Waals surface area contributed by atoms with E-state index in [4.69, 9.17) is 0 Å². The quantitative estimate of drug-likeness (QED) is 0.723. The molecule has 1 aliphatic rings. The fourth-order valence-electron chi connectivity index (χ4n) is 3.08. The predicted molar refractivity (Wildman–Crippen MR) is 106 cm³/mol. The fraction of sp³-hybridized carbons (Fsp3) is 0.250. The Labute approximate surface area is 163 Å². The number of pyridine rings is 2. The maximum absolute atomic E-state index is 12.3. The molecule has 1 fully saturated rings. The van der Waals surface area contributed by atoms with Crippen molar-refractivity contribution >= 4 is 17.7 Å². The zero-order chi connectivity index (χ0) is 19.2. The number of carbonyl (C=O) groups excluding carboxylic acids is 1. The largest absolute Gasteiger partial charge is 0.353 e. The molecule has 0 saturated carbocycles. The Morgan fingerprint density at radius 1 is 0.893 bits per heavy atom. The molecule has 0 aromatic carbocycles. The van der Waals surface area contributed by atoms with Crippen LogP contribution in [-0.2, 0) is 6.54 Å². The number of carbonyl (C=O) groups is 1. The number of amides is 1. The number of nitrogens with zero attached hydrogens (tertiary/aromatic N) is 6. The lowest BCUT2D eigenvalue weighted by Gasteiger charge is -2.35. The first-order chi connectivity index (χ1) is 13.8. The van der Waals surface area contributed by atoms with Gasteiger partial charge in [-0.05, 0) is 35.9 Å². The van der Waals surface area contributed by atoms with E-state index >= 15 is 0 Å². The zero-order valence-electron chi connectivity index (χ0n) is 15.4. The van der Waals surface area contributed by atoms with Gasteiger partial charge in [0.25, 0.3) is 5.91 Å². The summed E-state index contributed by atoms with van der Waals surface area (Å²) in [4.78, 5) is 33.7. The molecule has 1 aliphatic heterocycles. The van der Waals surface area contributed by atoms with Crippen LogP contribution in [-0.4, -0.2) is 52.0 Å². The number of anilines is 2. The number of rotatable bonds is 5. The van der Waals surface area contributed by atoms with Gasteiger partial charge in [0.15, 0.2) is 0 Å². The van der Waals surface area contributed by atoms with E-state index in [1.807, 2.05) is 30.3 Å². The summed E-state index contributed by atoms with van der Waals surface area (Å²) in [7, 11) is 0. The first-order valence-electron chi connectivity index (χ1n) is 9.20. The van der Waals surface area contributed by atoms with Crippen LogP contribution in [0, 0.1) is 0 Å². The smallest absolute Gasteiger partial charge is 0.253 e. The highest BCUT2D eigenvalue weighted by Crippen LogP contribution is 2.16. The van der Waals surface area contributed by atoms with E-state index in [1.54, 1.807) is 31.0 Å². The molecule has 1 amide bonds. The van der Waals surface area contributed by atoms with Crippen molar-refractivity contribution in [1.29, 1.82) is 0 Å². The van der Waals surface area contributed by atoms with Crippen molar-refractivity contribution in [3.05, 3.63) is 72.4 Å². The van der Waals surface area contributed by atoms with Gasteiger partial charge in [0.1, 0.15) is 5.82 Å². The van der Waals surface area contributed by atoms with Gasteiger partial charge < -0.3 is 15.1 Å². The number of aromatic nitrogens is 4. The van der Waals surface area contributed by atoms with Gasteiger partial charge in [-0.15, -0.1) is 0 Å². The van der Waals surface area contributed by atoms with E-state index < -0.39 is 0 Å². The van der Waals surface area contributed by atoms with E-state index in [1.165, 1.54) is 0 Å². The topological polar surface area (TPSA) is 87.1 Å². The Hall–Kier alpha value is -3.55. The third-order valence-electron chi connectivity index (χ3n) is 4.65. The first kappa shape index (κ1) is 17.8. The Bertz CT molecular complexity index is 895. The Balaban J connectivity index is 1.31. The second kappa shape index (κ2) is 8.43. The van der Waals surface area contributed by atoms with Gasteiger partial charge in [-0.2, -0.15) is 0 Å². The van der Waals surface area contributed by atoms with Crippen molar-refractivity contribution in [2.24, 2.45) is 0 Å². The number of piperazine rings is 1. The summed E-state index contributed by atoms with van der Waals surface area (Å²) in [6.07, 6.45) is 8.57. The van der Waals surface area contributed by atoms with Gasteiger partial charge in [-0.1, -0.05) is 0 Å². The van der Waals surface area contributed by atoms with Crippen LogP contribution in [0.1, 0.15) is 15.9 Å². The fourth-order valence-corrected chi connectivity index (χ4v) is 3.08. The lowest BCUT2D eigenvalue weighted by molar-refractivity contribution is 0.0950. The molecule has 4 heterocycles. The van der Waals surface area contributed by atoms with Crippen molar-refractivity contribution in [1.82, 2.24) is 25.3 Å². The van der Waals surface area contributed by atoms with Crippen LogP contribution in [0.2, 0.25) is 0 Å². The Morgan fingerprint density at radius 2 is 1.61 bits per heavy atom. The van der Waals surface area contributed by atoms with Crippen LogP contribution >= 0.6 is 0 Å². The molecule has 0 unspecified atom stereocenters. The molecule has 0 spiro atoms. The third kappa shape index (κ3) is 4.22. The molecule has 3 aromatic heterocycles. The molecular formula is C20H21N7O. The van der Waals surface area contributed by atoms with Gasteiger partial charge in [-0.25, -0.2) is 15.0 Å². The Morgan fingerprint density at radius 3 is 2.29 bits per heavy atom. The SMILES string of the molecule is O=C(NCc1ccncc1)c1ccc(N2CCN(c3ncccn3)CC2)nc1. The van der Waals surface area contributed by atoms with Crippen molar-refractivity contribution in [3.63, 3.8) is 0 Å². The second-order valence-corrected chi connectivity index (χ2v) is 6.47. The minimum atomic E-state index is -0.137. The molecule has 1 saturated heterocycles. The Kier molecular flexibility index (Phi) is 5.37. The van der Waals surface area contributed by atoms with Crippen LogP contribution in [0.25, 0.3) is 0 Å². The minimum absolute atomic E-state index is 0.137. The normalized spacial score (nSPS) is 14.0. The summed E-state index contributed by atoms with van der Waals surface area (Å²) in [5.74, 6) is 1.50. The lowest BCUT2D eigenvalue weighted by Crippen LogP contribution is -2.47. The summed E-state index contributed by atoms with van der Waals surface area (Å²) in [5, 5.41) is 2.90. The van der Waals surface area contributed by atoms with Crippen LogP contribution < -0.4 is 15.1 Å². The van der Waals surface area contributed by atoms with Gasteiger partial charge in [0.2, 0.25) is 5.95 Å². The van der Waals surface area contributed by atoms with Gasteiger partial charge in [0, 0.05) is 63.7 Å². The van der Waals surface area contributed by atoms with Crippen molar-refractivity contribution in [2.45, 2.75) is 6.54 Å². The van der Waals surface area contributed by atoms with E-state index in [9.17, 15) is 4.79 Å². The predicted octanol–water partition coefficient (Wildman–Crippen LogP) is 1.52. The van der Waals surface area contributed by atoms with E-state index in [0.29, 0.717) is 12.1 Å². The summed E-state index contributed by atoms with van der Waals surface area (Å²) in [5.41, 5.74) is 1.56. The zero-order valence-corrected chi connectivity index (χ0v) is 15.4. The van der Waals surface area contributed by atoms with Crippen molar-refractivity contribution in [2.75, 3.05) is 36.0 Å². The highest BCUT2D eigenvalue weighted by Gasteiger charge is 2.20. The summed E-state index contributed by atoms with van der Waals surface area (Å²) in [6, 6.07) is 9.29. The molecular weight excluding hydrogens is 354 g/mol. The molecule has 142 valence electrons. The number of nitrogens with one attached hydrogen (secondary N) is 1. The summed E-state index contributed by atoms with van der Waals surface area (Å²) >= 11 is 0. The molecule has 4 rings (SSSR count). The van der Waals surface area contributed by atoms with Crippen molar-refractivity contribution < 1.29 is 4.79 Å². The van der Waals surface area contributed by atoms with Crippen LogP contribution in [0.4, 0.5) is 11.8 Å². The van der Waals surface area contributed by atoms with E-state index in [0.717, 1.165) is 43.5 Å². The van der Waals surface area contributed by atoms with Gasteiger partial charge >= 0.3 is 0 Å². The van der Waals surface area contributed by atoms with Crippen LogP contribution in [0.3, 0.4) is 0 Å². The first-order valence-corrected chi connectivity index (χ1v) is 9.20. The molecule has 8 nitrogen and oxygen atoms in total. The summed E-state index contributed by atoms with van der Waals surface area (Å²) < 4.78 is 0. The molecule has 28 heavy (non-hydrogen) atoms. The molecule has 0 aliphatic carbocycles. The lowest BCUT2D eigenvalue weighted by atomic mass is 10.2. The average molecular weight is 375 g/mol. The monoisotopic (exact) mass is 375 g/mol. The average Bonchev–Trinajstić information content (AvgIpc) is 2.79. The highest BCUT2D eigenvalue weighted by atomic mass is 16.1. The summed E-state index contributed by atoms with van der Waals surface area (Å²) in [6.45, 7) is 3.80. The van der Waals surface area contributed by atoms with Crippen molar-refractivity contribution in [3.8, 4) is 0 Å². The second-order valence-electron chi connectivity index (χ2n) is 6.47. The van der Waals surface area contributed by atoms with Gasteiger partial charge in [-0.3, -0.25) is 9.78 Å². The maximum Gasteiger partial charge on any atom is 0.253 e.